The van der Waals surface area contributed by atoms with E-state index in [1.807, 2.05) is 54.6 Å². The van der Waals surface area contributed by atoms with Gasteiger partial charge in [0.15, 0.2) is 0 Å². The van der Waals surface area contributed by atoms with Gasteiger partial charge in [0.25, 0.3) is 5.91 Å². The van der Waals surface area contributed by atoms with Crippen molar-refractivity contribution in [3.8, 4) is 11.5 Å². The molecule has 0 aromatic heterocycles. The number of anilines is 1. The minimum absolute atomic E-state index is 0.156. The maximum Gasteiger partial charge on any atom is 0.490 e. The number of aliphatic carboxylic acids is 1. The molecule has 2 N–H and O–H groups in total. The number of carbonyl (C=O) groups excluding carboxylic acids is 1. The second-order valence-electron chi connectivity index (χ2n) is 9.27. The monoisotopic (exact) mass is 526 g/mol. The molecule has 200 valence electrons. The molecule has 1 saturated carbocycles. The first-order valence-corrected chi connectivity index (χ1v) is 12.5. The van der Waals surface area contributed by atoms with Crippen molar-refractivity contribution in [3.63, 3.8) is 0 Å². The molecule has 6 nitrogen and oxygen atoms in total. The SMILES string of the molecule is O=C(Nc1ccc2c(c1)CCN(C1CCC1)CC2)c1ccccc1Oc1ccccc1.O=C(O)C(F)(F)F. The highest BCUT2D eigenvalue weighted by atomic mass is 19.4. The lowest BCUT2D eigenvalue weighted by Gasteiger charge is -2.36. The van der Waals surface area contributed by atoms with Crippen LogP contribution in [0.15, 0.2) is 72.8 Å². The van der Waals surface area contributed by atoms with Crippen molar-refractivity contribution in [2.75, 3.05) is 18.4 Å². The predicted molar refractivity (Wildman–Crippen MR) is 138 cm³/mol. The van der Waals surface area contributed by atoms with E-state index >= 15 is 0 Å². The fourth-order valence-corrected chi connectivity index (χ4v) is 4.49. The van der Waals surface area contributed by atoms with Gasteiger partial charge in [0.05, 0.1) is 5.56 Å². The van der Waals surface area contributed by atoms with Crippen molar-refractivity contribution in [2.24, 2.45) is 0 Å². The van der Waals surface area contributed by atoms with Crippen molar-refractivity contribution in [1.29, 1.82) is 0 Å². The molecule has 38 heavy (non-hydrogen) atoms. The quantitative estimate of drug-likeness (QED) is 0.407. The van der Waals surface area contributed by atoms with Crippen LogP contribution in [0.4, 0.5) is 18.9 Å². The van der Waals surface area contributed by atoms with E-state index in [0.717, 1.165) is 37.7 Å². The number of carboxylic acids is 1. The first kappa shape index (κ1) is 27.2. The Morgan fingerprint density at radius 2 is 1.53 bits per heavy atom. The largest absolute Gasteiger partial charge is 0.490 e. The Morgan fingerprint density at radius 3 is 2.16 bits per heavy atom. The number of rotatable bonds is 5. The minimum Gasteiger partial charge on any atom is -0.475 e. The summed E-state index contributed by atoms with van der Waals surface area (Å²) in [5.41, 5.74) is 4.13. The number of ether oxygens (including phenoxy) is 1. The Kier molecular flexibility index (Phi) is 8.68. The Labute approximate surface area is 219 Å². The number of para-hydroxylation sites is 2. The molecule has 2 aliphatic rings. The summed E-state index contributed by atoms with van der Waals surface area (Å²) in [7, 11) is 0. The smallest absolute Gasteiger partial charge is 0.475 e. The number of carboxylic acid groups (broad SMARTS) is 1. The number of amides is 1. The first-order chi connectivity index (χ1) is 18.2. The van der Waals surface area contributed by atoms with E-state index in [1.165, 1.54) is 30.4 Å². The summed E-state index contributed by atoms with van der Waals surface area (Å²) >= 11 is 0. The predicted octanol–water partition coefficient (Wildman–Crippen LogP) is 6.32. The van der Waals surface area contributed by atoms with Gasteiger partial charge in [0.2, 0.25) is 0 Å². The van der Waals surface area contributed by atoms with Crippen LogP contribution in [-0.4, -0.2) is 47.2 Å². The number of carbonyl (C=O) groups is 2. The molecule has 0 bridgehead atoms. The minimum atomic E-state index is -5.08. The van der Waals surface area contributed by atoms with Crippen molar-refractivity contribution in [1.82, 2.24) is 4.90 Å². The fourth-order valence-electron chi connectivity index (χ4n) is 4.49. The second kappa shape index (κ2) is 12.1. The number of fused-ring (bicyclic) bond motifs is 1. The topological polar surface area (TPSA) is 78.9 Å². The summed E-state index contributed by atoms with van der Waals surface area (Å²) in [6, 6.07) is 24.0. The maximum absolute atomic E-state index is 13.0. The summed E-state index contributed by atoms with van der Waals surface area (Å²) in [4.78, 5) is 24.6. The zero-order chi connectivity index (χ0) is 27.1. The summed E-state index contributed by atoms with van der Waals surface area (Å²) in [6.07, 6.45) is 1.13. The second-order valence-corrected chi connectivity index (χ2v) is 9.27. The molecule has 0 radical (unpaired) electrons. The molecule has 5 rings (SSSR count). The molecule has 0 spiro atoms. The van der Waals surface area contributed by atoms with Crippen LogP contribution in [0.5, 0.6) is 11.5 Å². The molecule has 0 unspecified atom stereocenters. The van der Waals surface area contributed by atoms with Gasteiger partial charge in [0, 0.05) is 24.8 Å². The van der Waals surface area contributed by atoms with Crippen LogP contribution in [0, 0.1) is 0 Å². The van der Waals surface area contributed by atoms with E-state index < -0.39 is 12.1 Å². The molecule has 1 aliphatic heterocycles. The summed E-state index contributed by atoms with van der Waals surface area (Å²) in [5.74, 6) is -1.65. The molecule has 3 aromatic rings. The molecular formula is C29H29F3N2O4. The summed E-state index contributed by atoms with van der Waals surface area (Å²) < 4.78 is 37.7. The van der Waals surface area contributed by atoms with Crippen molar-refractivity contribution < 1.29 is 32.6 Å². The molecule has 1 fully saturated rings. The molecule has 1 aliphatic carbocycles. The zero-order valence-electron chi connectivity index (χ0n) is 20.7. The fraction of sp³-hybridized carbons (Fsp3) is 0.310. The Balaban J connectivity index is 0.000000426. The number of halogens is 3. The van der Waals surface area contributed by atoms with E-state index in [0.29, 0.717) is 17.1 Å². The van der Waals surface area contributed by atoms with Gasteiger partial charge in [-0.2, -0.15) is 13.2 Å². The van der Waals surface area contributed by atoms with E-state index in [4.69, 9.17) is 14.6 Å². The van der Waals surface area contributed by atoms with Crippen LogP contribution >= 0.6 is 0 Å². The maximum atomic E-state index is 13.0. The standard InChI is InChI=1S/C27H28N2O2.C2HF3O2/c30-27(25-11-4-5-12-26(25)31-24-9-2-1-3-10-24)28-22-14-13-20-15-17-29(23-7-6-8-23)18-16-21(20)19-22;3-2(4,5)1(6)7/h1-5,9-14,19,23H,6-8,15-18H2,(H,28,30);(H,6,7). The Hall–Kier alpha value is -3.85. The first-order valence-electron chi connectivity index (χ1n) is 12.5. The Morgan fingerprint density at radius 1 is 0.895 bits per heavy atom. The van der Waals surface area contributed by atoms with Crippen LogP contribution in [-0.2, 0) is 17.6 Å². The van der Waals surface area contributed by atoms with Gasteiger partial charge in [-0.3, -0.25) is 9.69 Å². The highest BCUT2D eigenvalue weighted by Crippen LogP contribution is 2.29. The third-order valence-electron chi connectivity index (χ3n) is 6.74. The number of alkyl halides is 3. The van der Waals surface area contributed by atoms with Gasteiger partial charge in [-0.1, -0.05) is 42.8 Å². The third kappa shape index (κ3) is 7.13. The van der Waals surface area contributed by atoms with Crippen molar-refractivity contribution in [3.05, 3.63) is 89.5 Å². The molecule has 0 saturated heterocycles. The number of hydrogen-bond acceptors (Lipinski definition) is 4. The van der Waals surface area contributed by atoms with Crippen LogP contribution in [0.2, 0.25) is 0 Å². The number of hydrogen-bond donors (Lipinski definition) is 2. The van der Waals surface area contributed by atoms with Gasteiger partial charge in [-0.15, -0.1) is 0 Å². The van der Waals surface area contributed by atoms with E-state index in [9.17, 15) is 18.0 Å². The molecule has 1 heterocycles. The molecular weight excluding hydrogens is 497 g/mol. The summed E-state index contributed by atoms with van der Waals surface area (Å²) in [6.45, 7) is 2.26. The number of nitrogens with zero attached hydrogens (tertiary/aromatic N) is 1. The van der Waals surface area contributed by atoms with E-state index in [2.05, 4.69) is 22.3 Å². The van der Waals surface area contributed by atoms with E-state index in [-0.39, 0.29) is 5.91 Å². The highest BCUT2D eigenvalue weighted by Gasteiger charge is 2.38. The molecule has 9 heteroatoms. The Bertz CT molecular complexity index is 1260. The summed E-state index contributed by atoms with van der Waals surface area (Å²) in [5, 5.41) is 10.2. The van der Waals surface area contributed by atoms with Crippen LogP contribution in [0.25, 0.3) is 0 Å². The average Bonchev–Trinajstić information content (AvgIpc) is 3.06. The lowest BCUT2D eigenvalue weighted by atomic mass is 9.91. The lowest BCUT2D eigenvalue weighted by molar-refractivity contribution is -0.192. The number of nitrogens with one attached hydrogen (secondary N) is 1. The zero-order valence-corrected chi connectivity index (χ0v) is 20.7. The van der Waals surface area contributed by atoms with Gasteiger partial charge in [-0.25, -0.2) is 4.79 Å². The molecule has 0 atom stereocenters. The molecule has 3 aromatic carbocycles. The van der Waals surface area contributed by atoms with Crippen molar-refractivity contribution in [2.45, 2.75) is 44.3 Å². The van der Waals surface area contributed by atoms with Crippen LogP contribution in [0.1, 0.15) is 40.7 Å². The van der Waals surface area contributed by atoms with Gasteiger partial charge in [0.1, 0.15) is 11.5 Å². The highest BCUT2D eigenvalue weighted by molar-refractivity contribution is 6.06. The molecule has 1 amide bonds. The van der Waals surface area contributed by atoms with Crippen LogP contribution in [0.3, 0.4) is 0 Å². The normalized spacial score (nSPS) is 15.7. The van der Waals surface area contributed by atoms with Crippen LogP contribution < -0.4 is 10.1 Å². The average molecular weight is 527 g/mol. The van der Waals surface area contributed by atoms with E-state index in [1.54, 1.807) is 6.07 Å². The van der Waals surface area contributed by atoms with Gasteiger partial charge >= 0.3 is 12.1 Å². The van der Waals surface area contributed by atoms with Gasteiger partial charge in [-0.05, 0) is 73.2 Å². The lowest BCUT2D eigenvalue weighted by Crippen LogP contribution is -2.41. The van der Waals surface area contributed by atoms with Crippen molar-refractivity contribution >= 4 is 17.6 Å². The third-order valence-corrected chi connectivity index (χ3v) is 6.74. The number of benzene rings is 3. The van der Waals surface area contributed by atoms with Gasteiger partial charge < -0.3 is 15.2 Å².